The molecule has 2 aliphatic rings. The minimum Gasteiger partial charge on any atom is -0.298 e. The van der Waals surface area contributed by atoms with E-state index in [2.05, 4.69) is 26.5 Å². The maximum Gasteiger partial charge on any atom is 0.145 e. The lowest BCUT2D eigenvalue weighted by molar-refractivity contribution is -0.105. The van der Waals surface area contributed by atoms with Gasteiger partial charge in [0.15, 0.2) is 0 Å². The van der Waals surface area contributed by atoms with Crippen molar-refractivity contribution in [2.75, 3.05) is 0 Å². The van der Waals surface area contributed by atoms with Crippen LogP contribution in [0.25, 0.3) is 0 Å². The summed E-state index contributed by atoms with van der Waals surface area (Å²) < 4.78 is 0. The molecule has 0 unspecified atom stereocenters. The van der Waals surface area contributed by atoms with Crippen LogP contribution in [0, 0.1) is 23.7 Å². The monoisotopic (exact) mass is 218 g/mol. The zero-order valence-electron chi connectivity index (χ0n) is 10.4. The summed E-state index contributed by atoms with van der Waals surface area (Å²) in [6.45, 7) is 8.63. The Kier molecular flexibility index (Phi) is 3.32. The summed E-state index contributed by atoms with van der Waals surface area (Å²) in [6, 6.07) is 0. The first kappa shape index (κ1) is 11.6. The second-order valence-electron chi connectivity index (χ2n) is 5.65. The number of aldehydes is 1. The molecule has 0 aliphatic heterocycles. The first-order chi connectivity index (χ1) is 7.63. The van der Waals surface area contributed by atoms with E-state index in [1.54, 1.807) is 0 Å². The summed E-state index contributed by atoms with van der Waals surface area (Å²) in [6.07, 6.45) is 8.04. The highest BCUT2D eigenvalue weighted by molar-refractivity contribution is 5.73. The van der Waals surface area contributed by atoms with Crippen molar-refractivity contribution < 1.29 is 4.79 Å². The Morgan fingerprint density at radius 2 is 2.19 bits per heavy atom. The molecule has 2 rings (SSSR count). The molecule has 4 atom stereocenters. The Morgan fingerprint density at radius 1 is 1.44 bits per heavy atom. The average Bonchev–Trinajstić information content (AvgIpc) is 2.28. The van der Waals surface area contributed by atoms with E-state index in [-0.39, 0.29) is 0 Å². The highest BCUT2D eigenvalue weighted by Gasteiger charge is 2.38. The van der Waals surface area contributed by atoms with Crippen molar-refractivity contribution in [3.8, 4) is 0 Å². The zero-order valence-corrected chi connectivity index (χ0v) is 10.4. The topological polar surface area (TPSA) is 17.1 Å². The van der Waals surface area contributed by atoms with Gasteiger partial charge in [-0.1, -0.05) is 25.2 Å². The number of allylic oxidation sites excluding steroid dienone is 3. The fraction of sp³-hybridized carbons (Fsp3) is 0.667. The summed E-state index contributed by atoms with van der Waals surface area (Å²) in [5.74, 6) is 2.77. The molecule has 0 aromatic heterocycles. The number of rotatable bonds is 2. The molecule has 1 saturated carbocycles. The Balaban J connectivity index is 2.27. The van der Waals surface area contributed by atoms with E-state index in [1.165, 1.54) is 24.8 Å². The summed E-state index contributed by atoms with van der Waals surface area (Å²) >= 11 is 0. The molecule has 2 aliphatic carbocycles. The van der Waals surface area contributed by atoms with Gasteiger partial charge < -0.3 is 0 Å². The summed E-state index contributed by atoms with van der Waals surface area (Å²) in [4.78, 5) is 10.9. The SMILES string of the molecule is C=C(C)[C@H]1CC[C@H](C)[C@H]2CCC(C=O)=C[C@@H]21. The van der Waals surface area contributed by atoms with Gasteiger partial charge in [0.25, 0.3) is 0 Å². The minimum absolute atomic E-state index is 0.579. The molecular weight excluding hydrogens is 196 g/mol. The van der Waals surface area contributed by atoms with Gasteiger partial charge in [-0.15, -0.1) is 0 Å². The molecule has 0 amide bonds. The molecule has 16 heavy (non-hydrogen) atoms. The normalized spacial score (nSPS) is 38.5. The van der Waals surface area contributed by atoms with Crippen LogP contribution in [0.15, 0.2) is 23.8 Å². The van der Waals surface area contributed by atoms with Crippen LogP contribution in [-0.2, 0) is 4.79 Å². The van der Waals surface area contributed by atoms with E-state index in [0.717, 1.165) is 30.1 Å². The summed E-state index contributed by atoms with van der Waals surface area (Å²) in [7, 11) is 0. The fourth-order valence-electron chi connectivity index (χ4n) is 3.58. The Bertz CT molecular complexity index is 326. The first-order valence-corrected chi connectivity index (χ1v) is 6.44. The van der Waals surface area contributed by atoms with Crippen LogP contribution in [0.2, 0.25) is 0 Å². The zero-order chi connectivity index (χ0) is 11.7. The third-order valence-electron chi connectivity index (χ3n) is 4.58. The third kappa shape index (κ3) is 2.00. The smallest absolute Gasteiger partial charge is 0.145 e. The van der Waals surface area contributed by atoms with Gasteiger partial charge in [-0.05, 0) is 61.9 Å². The van der Waals surface area contributed by atoms with Gasteiger partial charge in [-0.2, -0.15) is 0 Å². The number of carbonyl (C=O) groups excluding carboxylic acids is 1. The maximum absolute atomic E-state index is 10.9. The molecule has 1 heteroatoms. The van der Waals surface area contributed by atoms with Gasteiger partial charge in [0.05, 0.1) is 0 Å². The van der Waals surface area contributed by atoms with Crippen LogP contribution in [0.4, 0.5) is 0 Å². The van der Waals surface area contributed by atoms with Gasteiger partial charge in [-0.25, -0.2) is 0 Å². The van der Waals surface area contributed by atoms with E-state index in [4.69, 9.17) is 0 Å². The van der Waals surface area contributed by atoms with E-state index < -0.39 is 0 Å². The van der Waals surface area contributed by atoms with Gasteiger partial charge in [0, 0.05) is 0 Å². The van der Waals surface area contributed by atoms with Crippen molar-refractivity contribution in [1.29, 1.82) is 0 Å². The highest BCUT2D eigenvalue weighted by Crippen LogP contribution is 2.47. The Labute approximate surface area is 98.6 Å². The van der Waals surface area contributed by atoms with Gasteiger partial charge in [-0.3, -0.25) is 4.79 Å². The Hall–Kier alpha value is -0.850. The summed E-state index contributed by atoms with van der Waals surface area (Å²) in [5.41, 5.74) is 2.31. The quantitative estimate of drug-likeness (QED) is 0.509. The van der Waals surface area contributed by atoms with Crippen LogP contribution in [0.5, 0.6) is 0 Å². The molecule has 0 N–H and O–H groups in total. The lowest BCUT2D eigenvalue weighted by Crippen LogP contribution is -2.35. The van der Waals surface area contributed by atoms with E-state index >= 15 is 0 Å². The summed E-state index contributed by atoms with van der Waals surface area (Å²) in [5, 5.41) is 0. The van der Waals surface area contributed by atoms with Crippen molar-refractivity contribution in [3.63, 3.8) is 0 Å². The molecule has 0 spiro atoms. The van der Waals surface area contributed by atoms with Crippen LogP contribution in [-0.4, -0.2) is 6.29 Å². The van der Waals surface area contributed by atoms with Crippen molar-refractivity contribution in [2.24, 2.45) is 23.7 Å². The second kappa shape index (κ2) is 4.57. The van der Waals surface area contributed by atoms with Crippen LogP contribution in [0.3, 0.4) is 0 Å². The number of hydrogen-bond donors (Lipinski definition) is 0. The van der Waals surface area contributed by atoms with Crippen molar-refractivity contribution in [2.45, 2.75) is 39.5 Å². The predicted octanol–water partition coefficient (Wildman–Crippen LogP) is 3.76. The highest BCUT2D eigenvalue weighted by atomic mass is 16.1. The third-order valence-corrected chi connectivity index (χ3v) is 4.58. The first-order valence-electron chi connectivity index (χ1n) is 6.44. The van der Waals surface area contributed by atoms with E-state index in [0.29, 0.717) is 11.8 Å². The van der Waals surface area contributed by atoms with Crippen molar-refractivity contribution >= 4 is 6.29 Å². The molecule has 1 fully saturated rings. The molecule has 0 bridgehead atoms. The average molecular weight is 218 g/mol. The predicted molar refractivity (Wildman–Crippen MR) is 67.1 cm³/mol. The van der Waals surface area contributed by atoms with Crippen LogP contribution >= 0.6 is 0 Å². The molecule has 0 saturated heterocycles. The van der Waals surface area contributed by atoms with Crippen molar-refractivity contribution in [1.82, 2.24) is 0 Å². The molecule has 0 radical (unpaired) electrons. The van der Waals surface area contributed by atoms with Gasteiger partial charge in [0.1, 0.15) is 6.29 Å². The molecule has 0 heterocycles. The van der Waals surface area contributed by atoms with Crippen molar-refractivity contribution in [3.05, 3.63) is 23.8 Å². The Morgan fingerprint density at radius 3 is 2.81 bits per heavy atom. The van der Waals surface area contributed by atoms with Gasteiger partial charge in [0.2, 0.25) is 0 Å². The van der Waals surface area contributed by atoms with E-state index in [9.17, 15) is 4.79 Å². The minimum atomic E-state index is 0.579. The molecule has 0 aromatic carbocycles. The standard InChI is InChI=1S/C15H22O/c1-10(2)13-6-4-11(3)14-7-5-12(9-16)8-15(13)14/h8-9,11,13-15H,1,4-7H2,2-3H3/t11-,13+,14+,15+/m0/s1. The van der Waals surface area contributed by atoms with Gasteiger partial charge >= 0.3 is 0 Å². The van der Waals surface area contributed by atoms with Crippen LogP contribution < -0.4 is 0 Å². The lowest BCUT2D eigenvalue weighted by Gasteiger charge is -2.43. The molecular formula is C15H22O. The number of hydrogen-bond acceptors (Lipinski definition) is 1. The number of fused-ring (bicyclic) bond motifs is 1. The maximum atomic E-state index is 10.9. The molecule has 88 valence electrons. The molecule has 1 nitrogen and oxygen atoms in total. The fourth-order valence-corrected chi connectivity index (χ4v) is 3.58. The second-order valence-corrected chi connectivity index (χ2v) is 5.65. The number of carbonyl (C=O) groups is 1. The largest absolute Gasteiger partial charge is 0.298 e. The lowest BCUT2D eigenvalue weighted by atomic mass is 9.61. The molecule has 0 aromatic rings. The van der Waals surface area contributed by atoms with Crippen LogP contribution in [0.1, 0.15) is 39.5 Å². The van der Waals surface area contributed by atoms with E-state index in [1.807, 2.05) is 0 Å².